The summed E-state index contributed by atoms with van der Waals surface area (Å²) >= 11 is 0. The molecule has 110 valence electrons. The minimum Gasteiger partial charge on any atom is -0.394 e. The third-order valence-electron chi connectivity index (χ3n) is 2.18. The maximum absolute atomic E-state index is 10.2. The molecule has 0 aliphatic rings. The van der Waals surface area contributed by atoms with Crippen LogP contribution in [0, 0.1) is 0 Å². The van der Waals surface area contributed by atoms with Crippen molar-refractivity contribution in [1.82, 2.24) is 0 Å². The molecule has 0 aliphatic carbocycles. The molecule has 0 aliphatic heterocycles. The quantitative estimate of drug-likeness (QED) is 0.260. The number of carbonyl (C=O) groups excluding carboxylic acids is 1. The van der Waals surface area contributed by atoms with Gasteiger partial charge in [-0.3, -0.25) is 4.79 Å². The molecule has 0 fully saturated rings. The molecular formula is C10H22O8. The largest absolute Gasteiger partial charge is 0.394 e. The van der Waals surface area contributed by atoms with Crippen LogP contribution >= 0.6 is 0 Å². The van der Waals surface area contributed by atoms with Crippen LogP contribution in [0.15, 0.2) is 0 Å². The molecule has 8 nitrogen and oxygen atoms in total. The van der Waals surface area contributed by atoms with E-state index in [0.29, 0.717) is 0 Å². The number of hydrogen-bond acceptors (Lipinski definition) is 8. The summed E-state index contributed by atoms with van der Waals surface area (Å²) in [5.41, 5.74) is -1.59. The van der Waals surface area contributed by atoms with Crippen molar-refractivity contribution in [2.45, 2.75) is 37.8 Å². The van der Waals surface area contributed by atoms with E-state index >= 15 is 0 Å². The van der Waals surface area contributed by atoms with Crippen LogP contribution in [0.1, 0.15) is 13.8 Å². The minimum atomic E-state index is -1.59. The van der Waals surface area contributed by atoms with E-state index in [-0.39, 0.29) is 0 Å². The number of aliphatic hydroxyl groups excluding tert-OH is 6. The summed E-state index contributed by atoms with van der Waals surface area (Å²) in [6.07, 6.45) is -4.07. The monoisotopic (exact) mass is 270 g/mol. The summed E-state index contributed by atoms with van der Waals surface area (Å²) in [6, 6.07) is 0. The number of hydrogen-bond donors (Lipinski definition) is 7. The Hall–Kier alpha value is -0.610. The van der Waals surface area contributed by atoms with Gasteiger partial charge >= 0.3 is 0 Å². The lowest BCUT2D eigenvalue weighted by molar-refractivity contribution is -0.132. The number of carbonyl (C=O) groups is 1. The number of rotatable bonds is 6. The molecule has 0 unspecified atom stereocenters. The highest BCUT2D eigenvalue weighted by Crippen LogP contribution is 2.06. The Morgan fingerprint density at radius 3 is 1.67 bits per heavy atom. The van der Waals surface area contributed by atoms with Crippen LogP contribution in [0.4, 0.5) is 0 Å². The highest BCUT2D eigenvalue weighted by atomic mass is 16.4. The van der Waals surface area contributed by atoms with Crippen molar-refractivity contribution in [3.05, 3.63) is 0 Å². The van der Waals surface area contributed by atoms with E-state index < -0.39 is 49.5 Å². The van der Waals surface area contributed by atoms with Crippen molar-refractivity contribution < 1.29 is 40.5 Å². The van der Waals surface area contributed by atoms with E-state index in [0.717, 1.165) is 6.92 Å². The number of aliphatic hydroxyl groups is 7. The van der Waals surface area contributed by atoms with E-state index in [1.807, 2.05) is 0 Å². The molecule has 0 aromatic carbocycles. The molecule has 0 aromatic rings. The predicted molar refractivity (Wildman–Crippen MR) is 60.6 cm³/mol. The average molecular weight is 270 g/mol. The SMILES string of the molecule is CC(=O)[C@@H](O)[C@H](O)CO.C[C@](O)(CO)[C@H](O)CO. The zero-order chi connectivity index (χ0) is 14.9. The van der Waals surface area contributed by atoms with Gasteiger partial charge in [0.1, 0.15) is 23.9 Å². The Morgan fingerprint density at radius 1 is 1.11 bits per heavy atom. The van der Waals surface area contributed by atoms with Crippen molar-refractivity contribution in [3.63, 3.8) is 0 Å². The van der Waals surface area contributed by atoms with Crippen LogP contribution in [-0.2, 0) is 4.79 Å². The van der Waals surface area contributed by atoms with Crippen LogP contribution in [0.2, 0.25) is 0 Å². The normalized spacial score (nSPS) is 18.9. The second-order valence-corrected chi connectivity index (χ2v) is 4.02. The molecule has 0 spiro atoms. The first-order chi connectivity index (χ1) is 8.13. The molecule has 0 radical (unpaired) electrons. The van der Waals surface area contributed by atoms with Crippen molar-refractivity contribution >= 4 is 5.78 Å². The van der Waals surface area contributed by atoms with E-state index in [4.69, 9.17) is 35.7 Å². The third kappa shape index (κ3) is 7.67. The van der Waals surface area contributed by atoms with Crippen molar-refractivity contribution in [3.8, 4) is 0 Å². The van der Waals surface area contributed by atoms with Gasteiger partial charge in [0.2, 0.25) is 0 Å². The first-order valence-corrected chi connectivity index (χ1v) is 5.23. The van der Waals surface area contributed by atoms with E-state index in [9.17, 15) is 4.79 Å². The highest BCUT2D eigenvalue weighted by Gasteiger charge is 2.28. The summed E-state index contributed by atoms with van der Waals surface area (Å²) in [4.78, 5) is 10.2. The number of ketones is 1. The lowest BCUT2D eigenvalue weighted by Gasteiger charge is -2.24. The molecule has 0 amide bonds. The molecule has 0 saturated carbocycles. The number of Topliss-reactive ketones (excluding diaryl/α,β-unsaturated/α-hetero) is 1. The van der Waals surface area contributed by atoms with Crippen LogP contribution in [0.5, 0.6) is 0 Å². The molecule has 0 saturated heterocycles. The van der Waals surface area contributed by atoms with Gasteiger partial charge in [-0.25, -0.2) is 0 Å². The van der Waals surface area contributed by atoms with Crippen LogP contribution in [0.25, 0.3) is 0 Å². The van der Waals surface area contributed by atoms with Crippen molar-refractivity contribution in [2.24, 2.45) is 0 Å². The summed E-state index contributed by atoms with van der Waals surface area (Å²) < 4.78 is 0. The molecule has 0 aromatic heterocycles. The van der Waals surface area contributed by atoms with Gasteiger partial charge in [-0.05, 0) is 13.8 Å². The van der Waals surface area contributed by atoms with Gasteiger partial charge in [0.25, 0.3) is 0 Å². The van der Waals surface area contributed by atoms with Crippen LogP contribution in [0.3, 0.4) is 0 Å². The minimum absolute atomic E-state index is 0.545. The van der Waals surface area contributed by atoms with Crippen LogP contribution < -0.4 is 0 Å². The predicted octanol–water partition coefficient (Wildman–Crippen LogP) is -3.63. The standard InChI is InChI=1S/C5H12O4.C5H10O4/c1-5(9,3-7)4(8)2-6;1-3(7)5(9)4(8)2-6/h4,6-9H,2-3H2,1H3;4-6,8-9H,2H2,1H3/t4-,5+;4-,5-/m11/s1. The Labute approximate surface area is 105 Å². The fraction of sp³-hybridized carbons (Fsp3) is 0.900. The molecule has 4 atom stereocenters. The Bertz CT molecular complexity index is 230. The Kier molecular flexibility index (Phi) is 10.2. The van der Waals surface area contributed by atoms with Crippen molar-refractivity contribution in [2.75, 3.05) is 19.8 Å². The highest BCUT2D eigenvalue weighted by molar-refractivity contribution is 5.80. The fourth-order valence-electron chi connectivity index (χ4n) is 0.673. The zero-order valence-corrected chi connectivity index (χ0v) is 10.4. The smallest absolute Gasteiger partial charge is 0.160 e. The van der Waals surface area contributed by atoms with Crippen LogP contribution in [-0.4, -0.2) is 85.3 Å². The maximum Gasteiger partial charge on any atom is 0.160 e. The summed E-state index contributed by atoms with van der Waals surface area (Å²) in [7, 11) is 0. The van der Waals surface area contributed by atoms with Gasteiger partial charge in [0.15, 0.2) is 5.78 Å². The van der Waals surface area contributed by atoms with Crippen molar-refractivity contribution in [1.29, 1.82) is 0 Å². The van der Waals surface area contributed by atoms with Gasteiger partial charge in [-0.2, -0.15) is 0 Å². The maximum atomic E-state index is 10.2. The van der Waals surface area contributed by atoms with Gasteiger partial charge in [0.05, 0.1) is 19.8 Å². The second-order valence-electron chi connectivity index (χ2n) is 4.02. The van der Waals surface area contributed by atoms with E-state index in [1.165, 1.54) is 6.92 Å². The summed E-state index contributed by atoms with van der Waals surface area (Å²) in [6.45, 7) is 0.681. The molecule has 8 heteroatoms. The molecule has 0 heterocycles. The molecule has 7 N–H and O–H groups in total. The average Bonchev–Trinajstić information content (AvgIpc) is 2.36. The molecule has 0 rings (SSSR count). The summed E-state index contributed by atoms with van der Waals surface area (Å²) in [5, 5.41) is 59.7. The second kappa shape index (κ2) is 9.34. The Morgan fingerprint density at radius 2 is 1.56 bits per heavy atom. The first-order valence-electron chi connectivity index (χ1n) is 5.23. The fourth-order valence-corrected chi connectivity index (χ4v) is 0.673. The Balaban J connectivity index is 0. The van der Waals surface area contributed by atoms with Gasteiger partial charge in [-0.1, -0.05) is 0 Å². The lowest BCUT2D eigenvalue weighted by Crippen LogP contribution is -2.44. The van der Waals surface area contributed by atoms with Gasteiger partial charge in [0, 0.05) is 0 Å². The van der Waals surface area contributed by atoms with Gasteiger partial charge in [-0.15, -0.1) is 0 Å². The topological polar surface area (TPSA) is 159 Å². The zero-order valence-electron chi connectivity index (χ0n) is 10.4. The summed E-state index contributed by atoms with van der Waals surface area (Å²) in [5.74, 6) is -0.545. The molecular weight excluding hydrogens is 248 g/mol. The van der Waals surface area contributed by atoms with E-state index in [1.54, 1.807) is 0 Å². The third-order valence-corrected chi connectivity index (χ3v) is 2.18. The molecule has 18 heavy (non-hydrogen) atoms. The lowest BCUT2D eigenvalue weighted by atomic mass is 10.0. The van der Waals surface area contributed by atoms with E-state index in [2.05, 4.69) is 0 Å². The van der Waals surface area contributed by atoms with Gasteiger partial charge < -0.3 is 35.7 Å². The molecule has 0 bridgehead atoms. The first kappa shape index (κ1) is 19.7.